The first-order chi connectivity index (χ1) is 13.8. The van der Waals surface area contributed by atoms with Gasteiger partial charge in [0.05, 0.1) is 37.5 Å². The Morgan fingerprint density at radius 2 is 1.69 bits per heavy atom. The first-order valence-electron chi connectivity index (χ1n) is 8.01. The fourth-order valence-electron chi connectivity index (χ4n) is 2.32. The van der Waals surface area contributed by atoms with E-state index in [1.165, 1.54) is 51.7 Å². The Balaban J connectivity index is 2.05. The number of carbonyl (C=O) groups is 2. The predicted octanol–water partition coefficient (Wildman–Crippen LogP) is 3.18. The van der Waals surface area contributed by atoms with E-state index in [0.29, 0.717) is 15.9 Å². The molecular formula is C18H17BrN2O8. The Labute approximate surface area is 174 Å². The Morgan fingerprint density at radius 1 is 1.07 bits per heavy atom. The minimum atomic E-state index is -0.776. The van der Waals surface area contributed by atoms with Crippen molar-refractivity contribution in [3.63, 3.8) is 0 Å². The van der Waals surface area contributed by atoms with Crippen molar-refractivity contribution < 1.29 is 33.5 Å². The number of nitrogens with one attached hydrogen (secondary N) is 1. The lowest BCUT2D eigenvalue weighted by Crippen LogP contribution is -2.21. The van der Waals surface area contributed by atoms with E-state index >= 15 is 0 Å². The third kappa shape index (κ3) is 5.35. The molecule has 0 heterocycles. The van der Waals surface area contributed by atoms with Gasteiger partial charge in [0.1, 0.15) is 0 Å². The van der Waals surface area contributed by atoms with Crippen LogP contribution in [0.1, 0.15) is 10.4 Å². The van der Waals surface area contributed by atoms with Crippen LogP contribution in [-0.2, 0) is 9.53 Å². The monoisotopic (exact) mass is 468 g/mol. The molecule has 10 nitrogen and oxygen atoms in total. The number of rotatable bonds is 8. The standard InChI is InChI=1S/C18H17BrN2O8/c1-26-14-6-10(7-15(27-2)17(14)28-3)18(23)29-9-16(22)20-13-5-4-11(21(24)25)8-12(13)19/h4-8H,9H2,1-3H3,(H,20,22). The average Bonchev–Trinajstić information content (AvgIpc) is 2.71. The Kier molecular flexibility index (Phi) is 7.37. The van der Waals surface area contributed by atoms with Gasteiger partial charge in [-0.25, -0.2) is 4.79 Å². The number of hydrogen-bond donors (Lipinski definition) is 1. The normalized spacial score (nSPS) is 10.1. The molecule has 0 spiro atoms. The van der Waals surface area contributed by atoms with E-state index in [1.807, 2.05) is 0 Å². The smallest absolute Gasteiger partial charge is 0.338 e. The van der Waals surface area contributed by atoms with Crippen LogP contribution in [0, 0.1) is 10.1 Å². The minimum absolute atomic E-state index is 0.101. The zero-order chi connectivity index (χ0) is 21.6. The topological polar surface area (TPSA) is 126 Å². The molecule has 0 fully saturated rings. The fraction of sp³-hybridized carbons (Fsp3) is 0.222. The highest BCUT2D eigenvalue weighted by Crippen LogP contribution is 2.38. The molecule has 0 unspecified atom stereocenters. The molecule has 2 aromatic carbocycles. The second kappa shape index (κ2) is 9.73. The number of methoxy groups -OCH3 is 3. The zero-order valence-corrected chi connectivity index (χ0v) is 17.3. The van der Waals surface area contributed by atoms with Crippen LogP contribution in [0.3, 0.4) is 0 Å². The summed E-state index contributed by atoms with van der Waals surface area (Å²) in [7, 11) is 4.24. The van der Waals surface area contributed by atoms with Crippen molar-refractivity contribution in [2.45, 2.75) is 0 Å². The molecule has 0 bridgehead atoms. The minimum Gasteiger partial charge on any atom is -0.493 e. The summed E-state index contributed by atoms with van der Waals surface area (Å²) < 4.78 is 20.8. The van der Waals surface area contributed by atoms with E-state index in [4.69, 9.17) is 18.9 Å². The van der Waals surface area contributed by atoms with Crippen molar-refractivity contribution in [3.8, 4) is 17.2 Å². The quantitative estimate of drug-likeness (QED) is 0.355. The van der Waals surface area contributed by atoms with Crippen molar-refractivity contribution in [2.24, 2.45) is 0 Å². The van der Waals surface area contributed by atoms with Gasteiger partial charge in [-0.2, -0.15) is 0 Å². The SMILES string of the molecule is COc1cc(C(=O)OCC(=O)Nc2ccc([N+](=O)[O-])cc2Br)cc(OC)c1OC. The maximum atomic E-state index is 12.3. The second-order valence-corrected chi connectivity index (χ2v) is 6.31. The molecule has 1 amide bonds. The number of hydrogen-bond acceptors (Lipinski definition) is 8. The van der Waals surface area contributed by atoms with Crippen molar-refractivity contribution in [1.82, 2.24) is 0 Å². The second-order valence-electron chi connectivity index (χ2n) is 5.46. The van der Waals surface area contributed by atoms with Gasteiger partial charge in [0.2, 0.25) is 5.75 Å². The summed E-state index contributed by atoms with van der Waals surface area (Å²) in [4.78, 5) is 34.5. The Bertz CT molecular complexity index is 922. The molecule has 11 heteroatoms. The predicted molar refractivity (Wildman–Crippen MR) is 106 cm³/mol. The van der Waals surface area contributed by atoms with Crippen LogP contribution in [0.15, 0.2) is 34.8 Å². The van der Waals surface area contributed by atoms with Crippen LogP contribution in [0.4, 0.5) is 11.4 Å². The highest BCUT2D eigenvalue weighted by atomic mass is 79.9. The number of carbonyl (C=O) groups excluding carboxylic acids is 2. The summed E-state index contributed by atoms with van der Waals surface area (Å²) in [6, 6.07) is 6.64. The van der Waals surface area contributed by atoms with Gasteiger partial charge in [-0.3, -0.25) is 14.9 Å². The number of amides is 1. The fourth-order valence-corrected chi connectivity index (χ4v) is 2.78. The summed E-state index contributed by atoms with van der Waals surface area (Å²) in [5.74, 6) is -0.564. The zero-order valence-electron chi connectivity index (χ0n) is 15.7. The number of anilines is 1. The van der Waals surface area contributed by atoms with Crippen LogP contribution < -0.4 is 19.5 Å². The molecule has 0 aliphatic carbocycles. The first-order valence-corrected chi connectivity index (χ1v) is 8.81. The van der Waals surface area contributed by atoms with Gasteiger partial charge in [0.15, 0.2) is 18.1 Å². The van der Waals surface area contributed by atoms with Crippen LogP contribution in [-0.4, -0.2) is 44.7 Å². The Hall–Kier alpha value is -3.34. The van der Waals surface area contributed by atoms with Crippen LogP contribution in [0.2, 0.25) is 0 Å². The lowest BCUT2D eigenvalue weighted by Gasteiger charge is -2.14. The lowest BCUT2D eigenvalue weighted by atomic mass is 10.2. The molecule has 29 heavy (non-hydrogen) atoms. The molecule has 1 N–H and O–H groups in total. The van der Waals surface area contributed by atoms with Gasteiger partial charge in [0, 0.05) is 16.6 Å². The van der Waals surface area contributed by atoms with Gasteiger partial charge in [-0.05, 0) is 34.1 Å². The molecule has 2 aromatic rings. The van der Waals surface area contributed by atoms with Gasteiger partial charge in [-0.1, -0.05) is 0 Å². The highest BCUT2D eigenvalue weighted by Gasteiger charge is 2.19. The molecule has 0 saturated carbocycles. The number of esters is 1. The van der Waals surface area contributed by atoms with E-state index in [-0.39, 0.29) is 22.7 Å². The van der Waals surface area contributed by atoms with Crippen molar-refractivity contribution in [1.29, 1.82) is 0 Å². The Morgan fingerprint density at radius 3 is 2.17 bits per heavy atom. The van der Waals surface area contributed by atoms with E-state index in [2.05, 4.69) is 21.2 Å². The van der Waals surface area contributed by atoms with Crippen molar-refractivity contribution in [3.05, 3.63) is 50.5 Å². The number of non-ortho nitro benzene ring substituents is 1. The number of halogens is 1. The molecule has 2 rings (SSSR count). The third-order valence-electron chi connectivity index (χ3n) is 3.67. The van der Waals surface area contributed by atoms with E-state index in [0.717, 1.165) is 0 Å². The first kappa shape index (κ1) is 22.0. The summed E-state index contributed by atoms with van der Waals surface area (Å²) in [5, 5.41) is 13.2. The van der Waals surface area contributed by atoms with Gasteiger partial charge in [-0.15, -0.1) is 0 Å². The summed E-state index contributed by atoms with van der Waals surface area (Å²) in [5.41, 5.74) is 0.261. The molecule has 0 aliphatic rings. The molecule has 154 valence electrons. The van der Waals surface area contributed by atoms with Crippen LogP contribution in [0.5, 0.6) is 17.2 Å². The van der Waals surface area contributed by atoms with Gasteiger partial charge < -0.3 is 24.3 Å². The molecule has 0 saturated heterocycles. The van der Waals surface area contributed by atoms with Gasteiger partial charge in [0.25, 0.3) is 11.6 Å². The molecular weight excluding hydrogens is 452 g/mol. The van der Waals surface area contributed by atoms with Crippen LogP contribution >= 0.6 is 15.9 Å². The number of nitrogens with zero attached hydrogens (tertiary/aromatic N) is 1. The summed E-state index contributed by atoms with van der Waals surface area (Å²) in [6.45, 7) is -0.571. The average molecular weight is 469 g/mol. The van der Waals surface area contributed by atoms with Crippen LogP contribution in [0.25, 0.3) is 0 Å². The maximum absolute atomic E-state index is 12.3. The van der Waals surface area contributed by atoms with E-state index < -0.39 is 23.4 Å². The van der Waals surface area contributed by atoms with E-state index in [1.54, 1.807) is 0 Å². The molecule has 0 atom stereocenters. The van der Waals surface area contributed by atoms with Gasteiger partial charge >= 0.3 is 5.97 Å². The summed E-state index contributed by atoms with van der Waals surface area (Å²) >= 11 is 3.14. The molecule has 0 aromatic heterocycles. The third-order valence-corrected chi connectivity index (χ3v) is 4.33. The summed E-state index contributed by atoms with van der Waals surface area (Å²) in [6.07, 6.45) is 0. The van der Waals surface area contributed by atoms with Crippen molar-refractivity contribution >= 4 is 39.2 Å². The largest absolute Gasteiger partial charge is 0.493 e. The number of nitro groups is 1. The number of nitro benzene ring substituents is 1. The lowest BCUT2D eigenvalue weighted by molar-refractivity contribution is -0.384. The number of benzene rings is 2. The molecule has 0 aliphatic heterocycles. The van der Waals surface area contributed by atoms with E-state index in [9.17, 15) is 19.7 Å². The number of ether oxygens (including phenoxy) is 4. The van der Waals surface area contributed by atoms with Crippen molar-refractivity contribution in [2.75, 3.05) is 33.3 Å². The molecule has 0 radical (unpaired) electrons. The highest BCUT2D eigenvalue weighted by molar-refractivity contribution is 9.10. The maximum Gasteiger partial charge on any atom is 0.338 e.